The molecule has 0 fully saturated rings. The molecule has 0 radical (unpaired) electrons. The minimum atomic E-state index is -0.497. The number of anilines is 1. The summed E-state index contributed by atoms with van der Waals surface area (Å²) in [6.07, 6.45) is 0. The number of carbonyl (C=O) groups is 2. The fraction of sp³-hybridized carbons (Fsp3) is 0.190. The van der Waals surface area contributed by atoms with E-state index in [0.29, 0.717) is 22.9 Å². The highest BCUT2D eigenvalue weighted by molar-refractivity contribution is 6.04. The van der Waals surface area contributed by atoms with Gasteiger partial charge in [-0.2, -0.15) is 0 Å². The summed E-state index contributed by atoms with van der Waals surface area (Å²) in [5.41, 5.74) is 2.60. The molecule has 1 aromatic heterocycles. The number of methoxy groups -OCH3 is 1. The molecule has 28 heavy (non-hydrogen) atoms. The van der Waals surface area contributed by atoms with Gasteiger partial charge in [-0.25, -0.2) is 9.78 Å². The first-order chi connectivity index (χ1) is 13.5. The van der Waals surface area contributed by atoms with E-state index in [4.69, 9.17) is 9.15 Å². The molecule has 3 aromatic rings. The van der Waals surface area contributed by atoms with E-state index in [-0.39, 0.29) is 12.5 Å². The number of carbonyl (C=O) groups excluding carboxylic acids is 2. The van der Waals surface area contributed by atoms with Gasteiger partial charge >= 0.3 is 5.97 Å². The number of oxazole rings is 1. The summed E-state index contributed by atoms with van der Waals surface area (Å²) in [6.45, 7) is 3.51. The molecule has 0 aliphatic carbocycles. The molecule has 144 valence electrons. The number of nitrogens with zero attached hydrogens (tertiary/aromatic N) is 1. The van der Waals surface area contributed by atoms with Gasteiger partial charge in [-0.05, 0) is 50.2 Å². The quantitative estimate of drug-likeness (QED) is 0.655. The summed E-state index contributed by atoms with van der Waals surface area (Å²) in [5.74, 6) is 0.860. The molecule has 0 saturated carbocycles. The van der Waals surface area contributed by atoms with E-state index in [9.17, 15) is 9.59 Å². The van der Waals surface area contributed by atoms with Crippen LogP contribution in [-0.4, -0.2) is 30.6 Å². The molecule has 0 atom stereocenters. The van der Waals surface area contributed by atoms with Gasteiger partial charge in [0.25, 0.3) is 5.91 Å². The van der Waals surface area contributed by atoms with E-state index in [2.05, 4.69) is 15.0 Å². The van der Waals surface area contributed by atoms with Crippen molar-refractivity contribution in [3.05, 3.63) is 65.5 Å². The predicted octanol–water partition coefficient (Wildman–Crippen LogP) is 3.76. The molecule has 1 amide bonds. The van der Waals surface area contributed by atoms with Gasteiger partial charge in [0, 0.05) is 16.8 Å². The summed E-state index contributed by atoms with van der Waals surface area (Å²) >= 11 is 0. The molecule has 0 bridgehead atoms. The Morgan fingerprint density at radius 3 is 2.61 bits per heavy atom. The first kappa shape index (κ1) is 19.2. The summed E-state index contributed by atoms with van der Waals surface area (Å²) < 4.78 is 15.5. The van der Waals surface area contributed by atoms with Crippen molar-refractivity contribution in [3.8, 4) is 17.2 Å². The van der Waals surface area contributed by atoms with Gasteiger partial charge in [-0.15, -0.1) is 0 Å². The molecule has 7 nitrogen and oxygen atoms in total. The molecule has 0 aliphatic rings. The van der Waals surface area contributed by atoms with E-state index < -0.39 is 5.97 Å². The summed E-state index contributed by atoms with van der Waals surface area (Å²) in [4.78, 5) is 28.1. The normalized spacial score (nSPS) is 10.4. The Kier molecular flexibility index (Phi) is 5.74. The molecule has 0 spiro atoms. The second-order valence-corrected chi connectivity index (χ2v) is 6.09. The van der Waals surface area contributed by atoms with Crippen LogP contribution >= 0.6 is 0 Å². The number of rotatable bonds is 6. The van der Waals surface area contributed by atoms with Crippen LogP contribution in [0.5, 0.6) is 5.75 Å². The van der Waals surface area contributed by atoms with Gasteiger partial charge in [0.1, 0.15) is 11.5 Å². The van der Waals surface area contributed by atoms with E-state index in [0.717, 1.165) is 17.0 Å². The van der Waals surface area contributed by atoms with Crippen molar-refractivity contribution >= 4 is 17.6 Å². The number of aromatic nitrogens is 1. The van der Waals surface area contributed by atoms with E-state index >= 15 is 0 Å². The van der Waals surface area contributed by atoms with Crippen LogP contribution in [0, 0.1) is 13.8 Å². The van der Waals surface area contributed by atoms with Gasteiger partial charge in [0.15, 0.2) is 6.61 Å². The maximum absolute atomic E-state index is 12.6. The number of esters is 1. The largest absolute Gasteiger partial charge is 0.482 e. The molecule has 0 unspecified atom stereocenters. The Balaban J connectivity index is 1.73. The van der Waals surface area contributed by atoms with Crippen molar-refractivity contribution < 1.29 is 23.5 Å². The molecule has 0 aliphatic heterocycles. The van der Waals surface area contributed by atoms with Crippen molar-refractivity contribution in [2.24, 2.45) is 0 Å². The Hall–Kier alpha value is -3.61. The van der Waals surface area contributed by atoms with Gasteiger partial charge in [-0.3, -0.25) is 4.79 Å². The number of nitrogens with one attached hydrogen (secondary N) is 1. The highest BCUT2D eigenvalue weighted by Gasteiger charge is 2.12. The number of benzene rings is 2. The van der Waals surface area contributed by atoms with Crippen LogP contribution in [0.15, 0.2) is 52.9 Å². The SMILES string of the molecule is COC(=O)COc1cccc(C(=O)Nc2cccc(-c3nc(C)c(C)o3)c2)c1. The molecule has 0 saturated heterocycles. The number of hydrogen-bond donors (Lipinski definition) is 1. The average Bonchev–Trinajstić information content (AvgIpc) is 3.05. The summed E-state index contributed by atoms with van der Waals surface area (Å²) in [6, 6.07) is 13.8. The molecule has 2 aromatic carbocycles. The highest BCUT2D eigenvalue weighted by Crippen LogP contribution is 2.24. The van der Waals surface area contributed by atoms with Gasteiger partial charge < -0.3 is 19.2 Å². The lowest BCUT2D eigenvalue weighted by atomic mass is 10.1. The lowest BCUT2D eigenvalue weighted by molar-refractivity contribution is -0.142. The van der Waals surface area contributed by atoms with Crippen LogP contribution < -0.4 is 10.1 Å². The molecule has 3 rings (SSSR count). The fourth-order valence-corrected chi connectivity index (χ4v) is 2.46. The van der Waals surface area contributed by atoms with Crippen LogP contribution in [0.2, 0.25) is 0 Å². The zero-order valence-electron chi connectivity index (χ0n) is 15.8. The third-order valence-electron chi connectivity index (χ3n) is 4.08. The van der Waals surface area contributed by atoms with Crippen LogP contribution in [0.4, 0.5) is 5.69 Å². The minimum Gasteiger partial charge on any atom is -0.482 e. The maximum atomic E-state index is 12.6. The number of hydrogen-bond acceptors (Lipinski definition) is 6. The van der Waals surface area contributed by atoms with Crippen LogP contribution in [-0.2, 0) is 9.53 Å². The summed E-state index contributed by atoms with van der Waals surface area (Å²) in [7, 11) is 1.28. The molecule has 1 heterocycles. The first-order valence-electron chi connectivity index (χ1n) is 8.62. The van der Waals surface area contributed by atoms with Crippen molar-refractivity contribution in [2.45, 2.75) is 13.8 Å². The standard InChI is InChI=1S/C21H20N2O5/c1-13-14(2)28-21(22-13)16-7-4-8-17(10-16)23-20(25)15-6-5-9-18(11-15)27-12-19(24)26-3/h4-11H,12H2,1-3H3,(H,23,25). The predicted molar refractivity (Wildman–Crippen MR) is 103 cm³/mol. The monoisotopic (exact) mass is 380 g/mol. The molecular weight excluding hydrogens is 360 g/mol. The number of amides is 1. The maximum Gasteiger partial charge on any atom is 0.343 e. The van der Waals surface area contributed by atoms with Crippen molar-refractivity contribution in [1.82, 2.24) is 4.98 Å². The van der Waals surface area contributed by atoms with E-state index in [1.807, 2.05) is 26.0 Å². The molecule has 1 N–H and O–H groups in total. The van der Waals surface area contributed by atoms with Crippen LogP contribution in [0.3, 0.4) is 0 Å². The Morgan fingerprint density at radius 2 is 1.89 bits per heavy atom. The van der Waals surface area contributed by atoms with Gasteiger partial charge in [0.2, 0.25) is 5.89 Å². The van der Waals surface area contributed by atoms with Crippen molar-refractivity contribution in [1.29, 1.82) is 0 Å². The zero-order chi connectivity index (χ0) is 20.1. The Labute approximate surface area is 162 Å². The van der Waals surface area contributed by atoms with E-state index in [1.54, 1.807) is 36.4 Å². The second-order valence-electron chi connectivity index (χ2n) is 6.09. The van der Waals surface area contributed by atoms with Gasteiger partial charge in [0.05, 0.1) is 12.8 Å². The van der Waals surface area contributed by atoms with E-state index in [1.165, 1.54) is 7.11 Å². The number of ether oxygens (including phenoxy) is 2. The Bertz CT molecular complexity index is 990. The highest BCUT2D eigenvalue weighted by atomic mass is 16.6. The minimum absolute atomic E-state index is 0.224. The fourth-order valence-electron chi connectivity index (χ4n) is 2.46. The smallest absolute Gasteiger partial charge is 0.343 e. The van der Waals surface area contributed by atoms with Gasteiger partial charge in [-0.1, -0.05) is 12.1 Å². The average molecular weight is 380 g/mol. The molecular formula is C21H20N2O5. The van der Waals surface area contributed by atoms with Crippen LogP contribution in [0.1, 0.15) is 21.8 Å². The third kappa shape index (κ3) is 4.56. The zero-order valence-corrected chi connectivity index (χ0v) is 15.8. The first-order valence-corrected chi connectivity index (χ1v) is 8.62. The second kappa shape index (κ2) is 8.39. The lowest BCUT2D eigenvalue weighted by Crippen LogP contribution is -2.14. The summed E-state index contributed by atoms with van der Waals surface area (Å²) in [5, 5.41) is 2.84. The third-order valence-corrected chi connectivity index (χ3v) is 4.08. The Morgan fingerprint density at radius 1 is 1.11 bits per heavy atom. The topological polar surface area (TPSA) is 90.7 Å². The molecule has 7 heteroatoms. The lowest BCUT2D eigenvalue weighted by Gasteiger charge is -2.09. The van der Waals surface area contributed by atoms with Crippen molar-refractivity contribution in [2.75, 3.05) is 19.0 Å². The van der Waals surface area contributed by atoms with Crippen molar-refractivity contribution in [3.63, 3.8) is 0 Å². The number of aryl methyl sites for hydroxylation is 2. The van der Waals surface area contributed by atoms with Crippen LogP contribution in [0.25, 0.3) is 11.5 Å².